The Kier molecular flexibility index (Phi) is 7.74. The van der Waals surface area contributed by atoms with E-state index in [2.05, 4.69) is 5.32 Å². The van der Waals surface area contributed by atoms with Crippen molar-refractivity contribution in [1.82, 2.24) is 14.5 Å². The van der Waals surface area contributed by atoms with E-state index in [1.165, 1.54) is 35.5 Å². The van der Waals surface area contributed by atoms with Gasteiger partial charge in [0.05, 0.1) is 10.5 Å². The van der Waals surface area contributed by atoms with Crippen LogP contribution in [0.4, 0.5) is 0 Å². The third-order valence-corrected chi connectivity index (χ3v) is 6.64. The maximum atomic E-state index is 12.9. The molecule has 29 heavy (non-hydrogen) atoms. The number of sulfonamides is 1. The molecule has 1 saturated heterocycles. The molecule has 1 N–H and O–H groups in total. The van der Waals surface area contributed by atoms with E-state index in [9.17, 15) is 22.8 Å². The Morgan fingerprint density at radius 2 is 1.83 bits per heavy atom. The van der Waals surface area contributed by atoms with Crippen LogP contribution in [-0.4, -0.2) is 74.2 Å². The standard InChI is InChI=1S/C19H27N3O6S/c1-4-14(2)20-18(24)13-28-19(25)16-6-5-7-17(12-16)29(26,27)22-10-8-21(9-11-22)15(3)23/h5-7,12,14H,4,8-11,13H2,1-3H3,(H,20,24)/t14-/m0/s1. The topological polar surface area (TPSA) is 113 Å². The minimum atomic E-state index is -3.81. The van der Waals surface area contributed by atoms with Crippen LogP contribution in [-0.2, 0) is 24.3 Å². The number of rotatable bonds is 7. The lowest BCUT2D eigenvalue weighted by atomic mass is 10.2. The molecule has 1 aromatic rings. The van der Waals surface area contributed by atoms with Gasteiger partial charge < -0.3 is 15.0 Å². The molecular weight excluding hydrogens is 398 g/mol. The van der Waals surface area contributed by atoms with E-state index in [-0.39, 0.29) is 35.5 Å². The average Bonchev–Trinajstić information content (AvgIpc) is 2.72. The highest BCUT2D eigenvalue weighted by Gasteiger charge is 2.29. The van der Waals surface area contributed by atoms with Crippen molar-refractivity contribution in [3.8, 4) is 0 Å². The molecule has 1 aliphatic heterocycles. The lowest BCUT2D eigenvalue weighted by Crippen LogP contribution is -2.49. The first kappa shape index (κ1) is 22.8. The number of benzene rings is 1. The number of hydrogen-bond donors (Lipinski definition) is 1. The minimum absolute atomic E-state index is 0.0295. The molecule has 0 unspecified atom stereocenters. The second kappa shape index (κ2) is 9.84. The second-order valence-electron chi connectivity index (χ2n) is 6.89. The van der Waals surface area contributed by atoms with E-state index in [4.69, 9.17) is 4.74 Å². The fraction of sp³-hybridized carbons (Fsp3) is 0.526. The predicted octanol–water partition coefficient (Wildman–Crippen LogP) is 0.611. The summed E-state index contributed by atoms with van der Waals surface area (Å²) in [6.45, 7) is 5.78. The maximum Gasteiger partial charge on any atom is 0.338 e. The smallest absolute Gasteiger partial charge is 0.338 e. The van der Waals surface area contributed by atoms with E-state index >= 15 is 0 Å². The Morgan fingerprint density at radius 1 is 1.17 bits per heavy atom. The molecule has 0 radical (unpaired) electrons. The van der Waals surface area contributed by atoms with Gasteiger partial charge in [-0.2, -0.15) is 4.31 Å². The normalized spacial score (nSPS) is 16.2. The van der Waals surface area contributed by atoms with E-state index < -0.39 is 28.5 Å². The van der Waals surface area contributed by atoms with Crippen LogP contribution in [0.15, 0.2) is 29.2 Å². The van der Waals surface area contributed by atoms with Crippen molar-refractivity contribution in [3.05, 3.63) is 29.8 Å². The van der Waals surface area contributed by atoms with Crippen molar-refractivity contribution >= 4 is 27.8 Å². The fourth-order valence-corrected chi connectivity index (χ4v) is 4.28. The highest BCUT2D eigenvalue weighted by Crippen LogP contribution is 2.19. The van der Waals surface area contributed by atoms with Crippen molar-refractivity contribution in [2.24, 2.45) is 0 Å². The minimum Gasteiger partial charge on any atom is -0.452 e. The summed E-state index contributed by atoms with van der Waals surface area (Å²) in [6, 6.07) is 5.50. The first-order chi connectivity index (χ1) is 13.6. The summed E-state index contributed by atoms with van der Waals surface area (Å²) in [6.07, 6.45) is 0.750. The number of nitrogens with one attached hydrogen (secondary N) is 1. The van der Waals surface area contributed by atoms with Gasteiger partial charge in [-0.1, -0.05) is 13.0 Å². The molecule has 10 heteroatoms. The molecule has 160 valence electrons. The van der Waals surface area contributed by atoms with Crippen molar-refractivity contribution < 1.29 is 27.5 Å². The van der Waals surface area contributed by atoms with Crippen LogP contribution in [0.2, 0.25) is 0 Å². The van der Waals surface area contributed by atoms with Gasteiger partial charge in [0, 0.05) is 39.1 Å². The molecule has 9 nitrogen and oxygen atoms in total. The van der Waals surface area contributed by atoms with Crippen LogP contribution in [0.3, 0.4) is 0 Å². The van der Waals surface area contributed by atoms with Crippen LogP contribution < -0.4 is 5.32 Å². The Hall–Kier alpha value is -2.46. The Bertz CT molecular complexity index is 862. The number of esters is 1. The highest BCUT2D eigenvalue weighted by atomic mass is 32.2. The highest BCUT2D eigenvalue weighted by molar-refractivity contribution is 7.89. The quantitative estimate of drug-likeness (QED) is 0.641. The largest absolute Gasteiger partial charge is 0.452 e. The van der Waals surface area contributed by atoms with Crippen molar-refractivity contribution in [2.45, 2.75) is 38.1 Å². The summed E-state index contributed by atoms with van der Waals surface area (Å²) in [7, 11) is -3.81. The van der Waals surface area contributed by atoms with E-state index in [0.29, 0.717) is 13.1 Å². The maximum absolute atomic E-state index is 12.9. The zero-order valence-electron chi connectivity index (χ0n) is 16.9. The number of nitrogens with zero attached hydrogens (tertiary/aromatic N) is 2. The lowest BCUT2D eigenvalue weighted by Gasteiger charge is -2.33. The van der Waals surface area contributed by atoms with Crippen LogP contribution in [0.25, 0.3) is 0 Å². The van der Waals surface area contributed by atoms with Gasteiger partial charge >= 0.3 is 5.97 Å². The van der Waals surface area contributed by atoms with Gasteiger partial charge in [0.2, 0.25) is 15.9 Å². The van der Waals surface area contributed by atoms with Gasteiger partial charge in [-0.25, -0.2) is 13.2 Å². The molecule has 0 saturated carbocycles. The van der Waals surface area contributed by atoms with Crippen LogP contribution >= 0.6 is 0 Å². The molecule has 0 aromatic heterocycles. The zero-order chi connectivity index (χ0) is 21.6. The number of carbonyl (C=O) groups is 3. The van der Waals surface area contributed by atoms with Gasteiger partial charge in [-0.15, -0.1) is 0 Å². The number of hydrogen-bond acceptors (Lipinski definition) is 6. The Morgan fingerprint density at radius 3 is 2.41 bits per heavy atom. The molecule has 2 rings (SSSR count). The summed E-state index contributed by atoms with van der Waals surface area (Å²) in [4.78, 5) is 36.9. The molecule has 0 aliphatic carbocycles. The Labute approximate surface area is 171 Å². The monoisotopic (exact) mass is 425 g/mol. The number of carbonyl (C=O) groups excluding carboxylic acids is 3. The molecule has 1 aliphatic rings. The summed E-state index contributed by atoms with van der Waals surface area (Å²) in [5.41, 5.74) is 0.0461. The lowest BCUT2D eigenvalue weighted by molar-refractivity contribution is -0.130. The first-order valence-corrected chi connectivity index (χ1v) is 10.9. The molecule has 1 aromatic carbocycles. The van der Waals surface area contributed by atoms with Crippen LogP contribution in [0.5, 0.6) is 0 Å². The van der Waals surface area contributed by atoms with Gasteiger partial charge in [0.15, 0.2) is 6.61 Å². The van der Waals surface area contributed by atoms with Crippen molar-refractivity contribution in [2.75, 3.05) is 32.8 Å². The number of amides is 2. The van der Waals surface area contributed by atoms with Crippen molar-refractivity contribution in [3.63, 3.8) is 0 Å². The molecule has 1 atom stereocenters. The fourth-order valence-electron chi connectivity index (χ4n) is 2.81. The van der Waals surface area contributed by atoms with Crippen LogP contribution in [0.1, 0.15) is 37.6 Å². The Balaban J connectivity index is 2.03. The molecule has 0 bridgehead atoms. The zero-order valence-corrected chi connectivity index (χ0v) is 17.7. The van der Waals surface area contributed by atoms with E-state index in [0.717, 1.165) is 6.42 Å². The van der Waals surface area contributed by atoms with Gasteiger partial charge in [0.25, 0.3) is 5.91 Å². The van der Waals surface area contributed by atoms with Gasteiger partial charge in [0.1, 0.15) is 0 Å². The predicted molar refractivity (Wildman–Crippen MR) is 106 cm³/mol. The molecule has 0 spiro atoms. The van der Waals surface area contributed by atoms with Crippen molar-refractivity contribution in [1.29, 1.82) is 0 Å². The number of piperazine rings is 1. The third-order valence-electron chi connectivity index (χ3n) is 4.75. The first-order valence-electron chi connectivity index (χ1n) is 9.47. The summed E-state index contributed by atoms with van der Waals surface area (Å²) < 4.78 is 32.0. The van der Waals surface area contributed by atoms with E-state index in [1.54, 1.807) is 4.90 Å². The summed E-state index contributed by atoms with van der Waals surface area (Å²) in [5, 5.41) is 2.68. The average molecular weight is 426 g/mol. The second-order valence-corrected chi connectivity index (χ2v) is 8.83. The van der Waals surface area contributed by atoms with Gasteiger partial charge in [-0.3, -0.25) is 9.59 Å². The number of ether oxygens (including phenoxy) is 1. The van der Waals surface area contributed by atoms with Gasteiger partial charge in [-0.05, 0) is 31.5 Å². The SMILES string of the molecule is CC[C@H](C)NC(=O)COC(=O)c1cccc(S(=O)(=O)N2CCN(C(C)=O)CC2)c1. The summed E-state index contributed by atoms with van der Waals surface area (Å²) >= 11 is 0. The van der Waals surface area contributed by atoms with Crippen LogP contribution in [0, 0.1) is 0 Å². The third kappa shape index (κ3) is 6.01. The molecular formula is C19H27N3O6S. The van der Waals surface area contributed by atoms with E-state index in [1.807, 2.05) is 13.8 Å². The molecule has 2 amide bonds. The molecule has 1 heterocycles. The summed E-state index contributed by atoms with van der Waals surface area (Å²) in [5.74, 6) is -1.29. The molecule has 1 fully saturated rings.